The SMILES string of the molecule is CC(=O)c1c(OC(=O)/C=C/c2ccc(Cl)cc2Cl)ccc2c(C)cc(=O)oc12. The molecule has 0 amide bonds. The van der Waals surface area contributed by atoms with Gasteiger partial charge in [-0.2, -0.15) is 0 Å². The second kappa shape index (κ2) is 8.00. The van der Waals surface area contributed by atoms with Crippen LogP contribution < -0.4 is 10.4 Å². The number of carbonyl (C=O) groups is 2. The summed E-state index contributed by atoms with van der Waals surface area (Å²) in [6.07, 6.45) is 2.65. The van der Waals surface area contributed by atoms with E-state index < -0.39 is 17.4 Å². The standard InChI is InChI=1S/C21H14Cl2O5/c1-11-9-19(26)28-21-15(11)6-7-17(20(21)12(2)24)27-18(25)8-4-13-3-5-14(22)10-16(13)23/h3-10H,1-2H3/b8-4+. The van der Waals surface area contributed by atoms with Crippen molar-refractivity contribution >= 4 is 52.0 Å². The minimum Gasteiger partial charge on any atom is -0.422 e. The van der Waals surface area contributed by atoms with Gasteiger partial charge in [-0.05, 0) is 55.3 Å². The zero-order valence-electron chi connectivity index (χ0n) is 14.9. The fourth-order valence-electron chi connectivity index (χ4n) is 2.72. The van der Waals surface area contributed by atoms with Crippen LogP contribution in [0.25, 0.3) is 17.0 Å². The van der Waals surface area contributed by atoms with Crippen LogP contribution in [0.2, 0.25) is 10.0 Å². The van der Waals surface area contributed by atoms with Crippen molar-refractivity contribution in [3.8, 4) is 5.75 Å². The van der Waals surface area contributed by atoms with Gasteiger partial charge < -0.3 is 9.15 Å². The first-order chi connectivity index (χ1) is 13.3. The Morgan fingerprint density at radius 3 is 2.54 bits per heavy atom. The number of carbonyl (C=O) groups excluding carboxylic acids is 2. The summed E-state index contributed by atoms with van der Waals surface area (Å²) in [6.45, 7) is 3.03. The van der Waals surface area contributed by atoms with Gasteiger partial charge in [0.05, 0.1) is 0 Å². The molecule has 0 N–H and O–H groups in total. The van der Waals surface area contributed by atoms with Gasteiger partial charge in [0.1, 0.15) is 11.3 Å². The molecule has 3 aromatic rings. The molecular formula is C21H14Cl2O5. The van der Waals surface area contributed by atoms with Crippen LogP contribution in [0.15, 0.2) is 51.7 Å². The molecule has 7 heteroatoms. The smallest absolute Gasteiger partial charge is 0.336 e. The Balaban J connectivity index is 1.96. The molecule has 3 rings (SSSR count). The Morgan fingerprint density at radius 2 is 1.86 bits per heavy atom. The summed E-state index contributed by atoms with van der Waals surface area (Å²) in [6, 6.07) is 9.30. The quantitative estimate of drug-likeness (QED) is 0.191. The summed E-state index contributed by atoms with van der Waals surface area (Å²) in [5.41, 5.74) is 0.768. The molecule has 0 aliphatic rings. The molecule has 0 aliphatic carbocycles. The first kappa shape index (κ1) is 19.9. The van der Waals surface area contributed by atoms with E-state index in [4.69, 9.17) is 32.4 Å². The molecule has 0 saturated heterocycles. The summed E-state index contributed by atoms with van der Waals surface area (Å²) in [7, 11) is 0. The first-order valence-corrected chi connectivity index (χ1v) is 8.95. The van der Waals surface area contributed by atoms with Crippen molar-refractivity contribution in [3.63, 3.8) is 0 Å². The number of hydrogen-bond acceptors (Lipinski definition) is 5. The van der Waals surface area contributed by atoms with E-state index in [2.05, 4.69) is 0 Å². The molecule has 142 valence electrons. The minimum absolute atomic E-state index is 0.00519. The number of esters is 1. The van der Waals surface area contributed by atoms with Gasteiger partial charge in [0.2, 0.25) is 0 Å². The summed E-state index contributed by atoms with van der Waals surface area (Å²) in [5.74, 6) is -1.11. The van der Waals surface area contributed by atoms with Gasteiger partial charge in [0.25, 0.3) is 0 Å². The summed E-state index contributed by atoms with van der Waals surface area (Å²) in [5, 5.41) is 1.45. The van der Waals surface area contributed by atoms with Crippen LogP contribution in [-0.4, -0.2) is 11.8 Å². The van der Waals surface area contributed by atoms with Gasteiger partial charge in [-0.25, -0.2) is 9.59 Å². The average molecular weight is 417 g/mol. The monoisotopic (exact) mass is 416 g/mol. The number of aryl methyl sites for hydroxylation is 1. The highest BCUT2D eigenvalue weighted by molar-refractivity contribution is 6.35. The lowest BCUT2D eigenvalue weighted by Crippen LogP contribution is -2.09. The second-order valence-corrected chi connectivity index (χ2v) is 6.88. The summed E-state index contributed by atoms with van der Waals surface area (Å²) in [4.78, 5) is 36.1. The van der Waals surface area contributed by atoms with Crippen LogP contribution in [0.5, 0.6) is 5.75 Å². The number of halogens is 2. The van der Waals surface area contributed by atoms with Gasteiger partial charge in [-0.1, -0.05) is 29.3 Å². The van der Waals surface area contributed by atoms with E-state index in [1.54, 1.807) is 31.2 Å². The van der Waals surface area contributed by atoms with E-state index in [0.717, 1.165) is 0 Å². The highest BCUT2D eigenvalue weighted by Gasteiger charge is 2.19. The van der Waals surface area contributed by atoms with Crippen LogP contribution in [0, 0.1) is 6.92 Å². The lowest BCUT2D eigenvalue weighted by molar-refractivity contribution is -0.128. The van der Waals surface area contributed by atoms with Gasteiger partial charge in [-0.3, -0.25) is 4.79 Å². The number of benzene rings is 2. The Labute approximate surface area is 170 Å². The lowest BCUT2D eigenvalue weighted by Gasteiger charge is -2.10. The third-order valence-corrected chi connectivity index (χ3v) is 4.57. The van der Waals surface area contributed by atoms with E-state index in [0.29, 0.717) is 26.6 Å². The fraction of sp³-hybridized carbons (Fsp3) is 0.0952. The maximum absolute atomic E-state index is 12.2. The highest BCUT2D eigenvalue weighted by atomic mass is 35.5. The van der Waals surface area contributed by atoms with E-state index in [-0.39, 0.29) is 16.9 Å². The molecule has 0 bridgehead atoms. The van der Waals surface area contributed by atoms with Gasteiger partial charge >= 0.3 is 11.6 Å². The molecule has 0 unspecified atom stereocenters. The number of Topliss-reactive ketones (excluding diaryl/α,β-unsaturated/α-hetero) is 1. The predicted molar refractivity (Wildman–Crippen MR) is 108 cm³/mol. The van der Waals surface area contributed by atoms with Crippen molar-refractivity contribution in [2.45, 2.75) is 13.8 Å². The van der Waals surface area contributed by atoms with Gasteiger partial charge in [0.15, 0.2) is 11.4 Å². The van der Waals surface area contributed by atoms with Crippen molar-refractivity contribution in [3.05, 3.63) is 79.6 Å². The average Bonchev–Trinajstić information content (AvgIpc) is 2.60. The molecule has 5 nitrogen and oxygen atoms in total. The molecule has 1 aromatic heterocycles. The molecule has 1 heterocycles. The topological polar surface area (TPSA) is 73.6 Å². The molecule has 0 atom stereocenters. The largest absolute Gasteiger partial charge is 0.422 e. The zero-order valence-corrected chi connectivity index (χ0v) is 16.4. The second-order valence-electron chi connectivity index (χ2n) is 6.04. The van der Waals surface area contributed by atoms with Crippen LogP contribution >= 0.6 is 23.2 Å². The van der Waals surface area contributed by atoms with E-state index >= 15 is 0 Å². The third kappa shape index (κ3) is 4.16. The number of ketones is 1. The number of fused-ring (bicyclic) bond motifs is 1. The molecule has 0 fully saturated rings. The van der Waals surface area contributed by atoms with Crippen molar-refractivity contribution in [1.82, 2.24) is 0 Å². The van der Waals surface area contributed by atoms with Crippen molar-refractivity contribution in [1.29, 1.82) is 0 Å². The van der Waals surface area contributed by atoms with Gasteiger partial charge in [0, 0.05) is 27.6 Å². The van der Waals surface area contributed by atoms with Crippen LogP contribution in [0.4, 0.5) is 0 Å². The Bertz CT molecular complexity index is 1190. The van der Waals surface area contributed by atoms with E-state index in [1.807, 2.05) is 0 Å². The number of ether oxygens (including phenoxy) is 1. The first-order valence-electron chi connectivity index (χ1n) is 8.19. The lowest BCUT2D eigenvalue weighted by atomic mass is 10.0. The van der Waals surface area contributed by atoms with Crippen LogP contribution in [0.3, 0.4) is 0 Å². The molecule has 2 aromatic carbocycles. The molecule has 0 aliphatic heterocycles. The molecule has 28 heavy (non-hydrogen) atoms. The van der Waals surface area contributed by atoms with Crippen molar-refractivity contribution in [2.75, 3.05) is 0 Å². The highest BCUT2D eigenvalue weighted by Crippen LogP contribution is 2.30. The van der Waals surface area contributed by atoms with Gasteiger partial charge in [-0.15, -0.1) is 0 Å². The summed E-state index contributed by atoms with van der Waals surface area (Å²) < 4.78 is 10.5. The molecular weight excluding hydrogens is 403 g/mol. The molecule has 0 radical (unpaired) electrons. The number of rotatable bonds is 4. The third-order valence-electron chi connectivity index (χ3n) is 4.01. The molecule has 0 spiro atoms. The molecule has 0 saturated carbocycles. The summed E-state index contributed by atoms with van der Waals surface area (Å²) >= 11 is 11.9. The number of hydrogen-bond donors (Lipinski definition) is 0. The maximum Gasteiger partial charge on any atom is 0.336 e. The maximum atomic E-state index is 12.2. The fourth-order valence-corrected chi connectivity index (χ4v) is 3.19. The van der Waals surface area contributed by atoms with Crippen LogP contribution in [-0.2, 0) is 4.79 Å². The van der Waals surface area contributed by atoms with Crippen molar-refractivity contribution < 1.29 is 18.7 Å². The normalized spacial score (nSPS) is 11.1. The minimum atomic E-state index is -0.720. The Hall–Kier alpha value is -2.89. The van der Waals surface area contributed by atoms with Crippen LogP contribution in [0.1, 0.15) is 28.4 Å². The predicted octanol–water partition coefficient (Wildman–Crippen LogP) is 5.23. The van der Waals surface area contributed by atoms with E-state index in [9.17, 15) is 14.4 Å². The Kier molecular flexibility index (Phi) is 5.68. The zero-order chi connectivity index (χ0) is 20.4. The van der Waals surface area contributed by atoms with Crippen molar-refractivity contribution in [2.24, 2.45) is 0 Å². The Morgan fingerprint density at radius 1 is 1.11 bits per heavy atom. The van der Waals surface area contributed by atoms with E-state index in [1.165, 1.54) is 31.2 Å².